The van der Waals surface area contributed by atoms with Crippen LogP contribution in [0.4, 0.5) is 5.69 Å². The van der Waals surface area contributed by atoms with Crippen LogP contribution < -0.4 is 82.7 Å². The van der Waals surface area contributed by atoms with Gasteiger partial charge in [-0.1, -0.05) is 164 Å². The van der Waals surface area contributed by atoms with Crippen LogP contribution in [0.3, 0.4) is 0 Å². The number of rotatable bonds is 12. The van der Waals surface area contributed by atoms with Crippen LogP contribution >= 0.6 is 0 Å². The number of anilines is 1. The Kier molecular flexibility index (Phi) is 17.0. The van der Waals surface area contributed by atoms with Crippen molar-refractivity contribution in [3.63, 3.8) is 0 Å². The van der Waals surface area contributed by atoms with E-state index in [0.717, 1.165) is 43.1 Å². The fourth-order valence-corrected chi connectivity index (χ4v) is 19.4. The molecule has 136 heavy (non-hydrogen) atoms. The smallest absolute Gasteiger partial charge is 0.439 e. The maximum absolute atomic E-state index is 17.2. The highest BCUT2D eigenvalue weighted by molar-refractivity contribution is 6.03. The number of carbonyl (C=O) groups excluding carboxylic acids is 1. The van der Waals surface area contributed by atoms with Gasteiger partial charge in [0.2, 0.25) is 17.2 Å². The van der Waals surface area contributed by atoms with E-state index in [1.807, 2.05) is 6.07 Å². The monoisotopic (exact) mass is 1790 g/mol. The van der Waals surface area contributed by atoms with Gasteiger partial charge >= 0.3 is 33.9 Å². The number of aromatic amines is 1. The Balaban J connectivity index is 0.706. The number of amides is 1. The number of ether oxygens (including phenoxy) is 1. The van der Waals surface area contributed by atoms with Crippen molar-refractivity contribution in [2.24, 2.45) is 0 Å². The zero-order chi connectivity index (χ0) is 92.2. The lowest BCUT2D eigenvalue weighted by molar-refractivity contribution is -0.117. The molecular weight excluding hydrogens is 1740 g/mol. The van der Waals surface area contributed by atoms with Gasteiger partial charge in [-0.05, 0) is 144 Å². The van der Waals surface area contributed by atoms with Crippen molar-refractivity contribution in [1.82, 2.24) is 85.0 Å². The zero-order valence-corrected chi connectivity index (χ0v) is 69.9. The molecule has 12 aromatic carbocycles. The topological polar surface area (TPSA) is 405 Å². The van der Waals surface area contributed by atoms with Crippen LogP contribution in [-0.2, 0) is 11.2 Å². The Hall–Kier alpha value is -19.7. The number of aromatic nitrogens is 18. The normalized spacial score (nSPS) is 13.6. The first-order valence-electron chi connectivity index (χ1n) is 42.5. The van der Waals surface area contributed by atoms with E-state index in [4.69, 9.17) is 19.2 Å². The second-order valence-electron chi connectivity index (χ2n) is 32.5. The third-order valence-electron chi connectivity index (χ3n) is 25.2. The molecule has 0 saturated carbocycles. The first-order valence-corrected chi connectivity index (χ1v) is 42.5. The number of nitrogens with one attached hydrogen (secondary N) is 2. The van der Waals surface area contributed by atoms with Crippen LogP contribution in [-0.4, -0.2) is 90.9 Å². The van der Waals surface area contributed by atoms with Gasteiger partial charge < -0.3 is 19.5 Å². The van der Waals surface area contributed by atoms with Crippen LogP contribution in [0.2, 0.25) is 0 Å². The minimum atomic E-state index is -1.46. The molecule has 2 atom stereocenters. The van der Waals surface area contributed by atoms with E-state index in [0.29, 0.717) is 38.0 Å². The van der Waals surface area contributed by atoms with E-state index in [9.17, 15) is 28.8 Å². The quantitative estimate of drug-likeness (QED) is 0.107. The maximum Gasteiger partial charge on any atom is 0.439 e. The summed E-state index contributed by atoms with van der Waals surface area (Å²) >= 11 is 0. The molecule has 0 saturated heterocycles. The highest BCUT2D eigenvalue weighted by Gasteiger charge is 2.42. The van der Waals surface area contributed by atoms with Crippen LogP contribution in [0.5, 0.6) is 5.75 Å². The average molecular weight is 1790 g/mol. The molecule has 0 fully saturated rings. The molecule has 0 bridgehead atoms. The summed E-state index contributed by atoms with van der Waals surface area (Å²) in [6.45, 7) is 0. The van der Waals surface area contributed by atoms with Crippen LogP contribution in [0.1, 0.15) is 29.0 Å². The summed E-state index contributed by atoms with van der Waals surface area (Å²) < 4.78 is 26.7. The number of pyridine rings is 3. The van der Waals surface area contributed by atoms with E-state index in [1.54, 1.807) is 218 Å². The summed E-state index contributed by atoms with van der Waals surface area (Å²) in [5, 5.41) is 8.60. The molecule has 1 amide bonds. The number of benzene rings is 12. The molecule has 23 aromatic rings. The highest BCUT2D eigenvalue weighted by Crippen LogP contribution is 2.43. The van der Waals surface area contributed by atoms with Gasteiger partial charge in [0.05, 0.1) is 83.2 Å². The number of H-pyrrole nitrogens is 1. The number of para-hydroxylation sites is 13. The average Bonchev–Trinajstić information content (AvgIpc) is 1.46. The van der Waals surface area contributed by atoms with E-state index < -0.39 is 102 Å². The van der Waals surface area contributed by atoms with Gasteiger partial charge in [-0.15, -0.1) is 5.10 Å². The van der Waals surface area contributed by atoms with Crippen LogP contribution in [0.25, 0.3) is 156 Å². The summed E-state index contributed by atoms with van der Waals surface area (Å²) in [5.74, 6) is -3.54. The summed E-state index contributed by atoms with van der Waals surface area (Å²) in [6.07, 6.45) is -0.104. The predicted octanol–water partition coefficient (Wildman–Crippen LogP) is 9.58. The second kappa shape index (κ2) is 29.4. The third kappa shape index (κ3) is 11.3. The van der Waals surface area contributed by atoms with Gasteiger partial charge in [-0.25, -0.2) is 51.8 Å². The number of imidazole rings is 1. The Morgan fingerprint density at radius 3 is 1.77 bits per heavy atom. The van der Waals surface area contributed by atoms with Crippen molar-refractivity contribution >= 4 is 121 Å². The molecule has 0 spiro atoms. The molecule has 652 valence electrons. The van der Waals surface area contributed by atoms with Crippen molar-refractivity contribution in [1.29, 1.82) is 0 Å². The Bertz CT molecular complexity index is 10300. The second-order valence-corrected chi connectivity index (χ2v) is 32.5. The van der Waals surface area contributed by atoms with E-state index >= 15 is 38.4 Å². The largest absolute Gasteiger partial charge is 0.483 e. The molecule has 13 heterocycles. The third-order valence-corrected chi connectivity index (χ3v) is 25.2. The summed E-state index contributed by atoms with van der Waals surface area (Å²) in [4.78, 5) is 233. The molecule has 11 aromatic heterocycles. The van der Waals surface area contributed by atoms with E-state index in [1.165, 1.54) is 97.2 Å². The minimum Gasteiger partial charge on any atom is -0.483 e. The summed E-state index contributed by atoms with van der Waals surface area (Å²) in [5.41, 5.74) is -10.3. The number of hydrogen-bond donors (Lipinski definition) is 2. The molecule has 35 heteroatoms. The highest BCUT2D eigenvalue weighted by atomic mass is 16.5. The van der Waals surface area contributed by atoms with E-state index in [2.05, 4.69) is 20.3 Å². The molecule has 0 radical (unpaired) electrons. The maximum atomic E-state index is 17.2. The van der Waals surface area contributed by atoms with Gasteiger partial charge in [-0.2, -0.15) is 24.0 Å². The molecule has 2 aliphatic heterocycles. The standard InChI is InChI=1S/C101H57N19O16/c121-76-51-80(108(66-37-14-6-29-58(66)76)75-48-54-25-2-13-36-65(54)109(95(75)129)74-45-23-47-78-84(74)119(101(134)136-78)118-73-44-21-20-43-72(73)112(99(118)132)88-85(79-49-55-26-3-22-46-77(55)135-79)115(96(130)92(126)104-88)83-57-28-5-11-34-63(57)103-91(83)125)114-81(50-53-24-1-4-27-56(53)93(114)127)116-70-41-18-7-30-59(70)86(123)89(107-116)111-67-38-15-8-31-60(67)87(105-98(111)131)110-68-39-16-9-32-61(68)90(124)106-97(110)113-69-40-17-10-33-62(69)94(128)120(100(113)133)117-71-42-19-12-35-64(71)102-52-82(117)122/h1-48,50-52,79,83H,49H2,(H,103,125)(H,104,126). The predicted molar refractivity (Wildman–Crippen MR) is 507 cm³/mol. The molecule has 0 aliphatic carbocycles. The lowest BCUT2D eigenvalue weighted by Crippen LogP contribution is -2.47. The fourth-order valence-electron chi connectivity index (χ4n) is 19.4. The zero-order valence-electron chi connectivity index (χ0n) is 69.9. The van der Waals surface area contributed by atoms with Crippen molar-refractivity contribution < 1.29 is 13.9 Å². The van der Waals surface area contributed by atoms with Gasteiger partial charge in [-0.3, -0.25) is 66.2 Å². The van der Waals surface area contributed by atoms with Crippen molar-refractivity contribution in [3.05, 3.63) is 461 Å². The fraction of sp³-hybridized carbons (Fsp3) is 0.0297. The molecule has 2 unspecified atom stereocenters. The van der Waals surface area contributed by atoms with Crippen molar-refractivity contribution in [3.8, 4) is 52.2 Å². The molecule has 35 nitrogen and oxygen atoms in total. The Labute approximate surface area is 753 Å². The number of oxazole rings is 1. The number of carbonyl (C=O) groups is 1. The Morgan fingerprint density at radius 1 is 0.397 bits per heavy atom. The van der Waals surface area contributed by atoms with Gasteiger partial charge in [0.15, 0.2) is 16.8 Å². The lowest BCUT2D eigenvalue weighted by atomic mass is 10.0. The number of fused-ring (bicyclic) bond motifs is 12. The molecule has 2 aliphatic rings. The van der Waals surface area contributed by atoms with E-state index in [-0.39, 0.29) is 145 Å². The van der Waals surface area contributed by atoms with Crippen molar-refractivity contribution in [2.75, 3.05) is 5.32 Å². The van der Waals surface area contributed by atoms with Gasteiger partial charge in [0.1, 0.15) is 52.2 Å². The Morgan fingerprint density at radius 2 is 1.01 bits per heavy atom. The minimum absolute atomic E-state index is 0.0192. The number of hydrogen-bond acceptors (Lipinski definition) is 20. The summed E-state index contributed by atoms with van der Waals surface area (Å²) in [6, 6.07) is 77.9. The van der Waals surface area contributed by atoms with Gasteiger partial charge in [0.25, 0.3) is 33.7 Å². The van der Waals surface area contributed by atoms with Crippen LogP contribution in [0, 0.1) is 0 Å². The number of nitrogens with zero attached hydrogens (tertiary/aromatic N) is 17. The molecule has 2 N–H and O–H groups in total. The first-order chi connectivity index (χ1) is 66.3. The lowest BCUT2D eigenvalue weighted by Gasteiger charge is -2.24. The molecule has 25 rings (SSSR count). The summed E-state index contributed by atoms with van der Waals surface area (Å²) in [7, 11) is 0. The van der Waals surface area contributed by atoms with Crippen LogP contribution in [0.15, 0.2) is 376 Å². The first kappa shape index (κ1) is 78.5. The van der Waals surface area contributed by atoms with Crippen molar-refractivity contribution in [2.45, 2.75) is 18.6 Å². The molecular formula is C101H57N19O16. The van der Waals surface area contributed by atoms with Gasteiger partial charge in [0, 0.05) is 45.3 Å². The SMILES string of the molecule is O=C1Nc2ccccc2C1n1c(C2Cc3ccccc3O2)c(-n2c(=O)n(-n3c(=O)oc4cccc(-n5c(=O)c(-n6c(-n7c(-n8nc(-n9c(=O)nc(-n%10c(-n%11c(=O)n(-n%12c(=O)cnc%13ccccc%13%12)c(=O)c%12ccccc%12%11)nc(=O)c%11ccccc%11%10)c%10ccccc%109)c(=O)c9ccccc98)cc8ccccc8c7=O)cc(=O)c7ccccc76)cc6ccccc65)c43)c3ccccc32)[nH]c(=O)c1=O.